The maximum atomic E-state index is 10.4. The van der Waals surface area contributed by atoms with Crippen molar-refractivity contribution in [3.8, 4) is 34.4 Å². The summed E-state index contributed by atoms with van der Waals surface area (Å²) < 4.78 is 4.28. The van der Waals surface area contributed by atoms with Gasteiger partial charge in [0.1, 0.15) is 5.82 Å². The molecule has 6 rings (SSSR count). The van der Waals surface area contributed by atoms with Gasteiger partial charge in [-0.3, -0.25) is 4.57 Å². The van der Waals surface area contributed by atoms with Gasteiger partial charge in [0.05, 0.1) is 40.9 Å². The number of rotatable bonds is 2. The molecule has 7 heteroatoms. The van der Waals surface area contributed by atoms with Crippen molar-refractivity contribution in [2.75, 3.05) is 18.0 Å². The van der Waals surface area contributed by atoms with Crippen LogP contribution < -0.4 is 4.90 Å². The van der Waals surface area contributed by atoms with E-state index < -0.39 is 5.60 Å². The molecule has 1 atom stereocenters. The topological polar surface area (TPSA) is 82.9 Å². The predicted octanol–water partition coefficient (Wildman–Crippen LogP) is 3.60. The van der Waals surface area contributed by atoms with Crippen molar-refractivity contribution in [3.05, 3.63) is 72.3 Å². The van der Waals surface area contributed by atoms with Crippen LogP contribution in [0, 0.1) is 11.3 Å². The van der Waals surface area contributed by atoms with Crippen LogP contribution in [0.25, 0.3) is 28.3 Å². The molecule has 32 heavy (non-hydrogen) atoms. The van der Waals surface area contributed by atoms with Crippen molar-refractivity contribution in [3.63, 3.8) is 0 Å². The fourth-order valence-electron chi connectivity index (χ4n) is 4.71. The lowest BCUT2D eigenvalue weighted by molar-refractivity contribution is 0.0839. The van der Waals surface area contributed by atoms with Crippen LogP contribution in [-0.4, -0.2) is 42.9 Å². The molecule has 0 spiro atoms. The fourth-order valence-corrected chi connectivity index (χ4v) is 4.71. The van der Waals surface area contributed by atoms with E-state index in [0.29, 0.717) is 18.7 Å². The smallest absolute Gasteiger partial charge is 0.161 e. The van der Waals surface area contributed by atoms with Gasteiger partial charge in [-0.1, -0.05) is 12.1 Å². The molecule has 0 unspecified atom stereocenters. The molecule has 0 amide bonds. The van der Waals surface area contributed by atoms with Crippen molar-refractivity contribution < 1.29 is 5.11 Å². The zero-order valence-electron chi connectivity index (χ0n) is 17.7. The summed E-state index contributed by atoms with van der Waals surface area (Å²) in [4.78, 5) is 11.8. The zero-order valence-corrected chi connectivity index (χ0v) is 17.7. The van der Waals surface area contributed by atoms with E-state index in [1.165, 1.54) is 0 Å². The minimum absolute atomic E-state index is 0.590. The molecule has 0 radical (unpaired) electrons. The molecule has 5 heterocycles. The standard InChI is InChI=1S/C25H22N6O/c1-25(32)8-10-29(16-25)23-7-6-21-20(28-23)15-30-14-19(18-4-2-17(13-26)3-5-18)12-22(30)24-27-9-11-31(21)24/h2-7,9,11-12,14,32H,8,10,15-16H2,1H3/t25-/m0/s1. The van der Waals surface area contributed by atoms with E-state index in [4.69, 9.17) is 10.2 Å². The molecule has 158 valence electrons. The second-order valence-corrected chi connectivity index (χ2v) is 8.86. The molecule has 7 nitrogen and oxygen atoms in total. The Bertz CT molecular complexity index is 1370. The highest BCUT2D eigenvalue weighted by molar-refractivity contribution is 5.72. The fraction of sp³-hybridized carbons (Fsp3) is 0.240. The molecular formula is C25H22N6O. The Labute approximate surface area is 185 Å². The van der Waals surface area contributed by atoms with Gasteiger partial charge < -0.3 is 14.6 Å². The van der Waals surface area contributed by atoms with Crippen LogP contribution in [0.1, 0.15) is 24.6 Å². The van der Waals surface area contributed by atoms with Gasteiger partial charge in [-0.05, 0) is 49.2 Å². The first-order valence-corrected chi connectivity index (χ1v) is 10.7. The maximum absolute atomic E-state index is 10.4. The summed E-state index contributed by atoms with van der Waals surface area (Å²) in [5, 5.41) is 19.5. The molecule has 0 aliphatic carbocycles. The summed E-state index contributed by atoms with van der Waals surface area (Å²) in [5.74, 6) is 1.77. The van der Waals surface area contributed by atoms with Crippen LogP contribution in [0.4, 0.5) is 5.82 Å². The molecular weight excluding hydrogens is 400 g/mol. The number of fused-ring (bicyclic) bond motifs is 5. The number of benzene rings is 1. The molecule has 2 aliphatic heterocycles. The number of nitriles is 1. The molecule has 4 aromatic rings. The summed E-state index contributed by atoms with van der Waals surface area (Å²) >= 11 is 0. The molecule has 3 aromatic heterocycles. The molecule has 0 saturated carbocycles. The van der Waals surface area contributed by atoms with Crippen molar-refractivity contribution >= 4 is 5.82 Å². The monoisotopic (exact) mass is 422 g/mol. The van der Waals surface area contributed by atoms with E-state index in [-0.39, 0.29) is 0 Å². The average molecular weight is 422 g/mol. The number of aliphatic hydroxyl groups is 1. The number of hydrogen-bond donors (Lipinski definition) is 1. The van der Waals surface area contributed by atoms with Crippen LogP contribution in [0.15, 0.2) is 61.1 Å². The van der Waals surface area contributed by atoms with Crippen molar-refractivity contribution in [1.29, 1.82) is 5.26 Å². The number of aromatic nitrogens is 4. The van der Waals surface area contributed by atoms with Gasteiger partial charge in [-0.15, -0.1) is 0 Å². The summed E-state index contributed by atoms with van der Waals surface area (Å²) in [7, 11) is 0. The number of anilines is 1. The first kappa shape index (κ1) is 18.8. The maximum Gasteiger partial charge on any atom is 0.161 e. The van der Waals surface area contributed by atoms with E-state index in [2.05, 4.69) is 43.4 Å². The van der Waals surface area contributed by atoms with Crippen LogP contribution in [0.5, 0.6) is 0 Å². The highest BCUT2D eigenvalue weighted by Crippen LogP contribution is 2.35. The van der Waals surface area contributed by atoms with Gasteiger partial charge in [0, 0.05) is 37.2 Å². The van der Waals surface area contributed by atoms with E-state index in [1.54, 1.807) is 0 Å². The lowest BCUT2D eigenvalue weighted by Gasteiger charge is -2.21. The van der Waals surface area contributed by atoms with Gasteiger partial charge in [-0.2, -0.15) is 5.26 Å². The van der Waals surface area contributed by atoms with E-state index in [9.17, 15) is 5.11 Å². The molecule has 1 saturated heterocycles. The molecule has 1 fully saturated rings. The van der Waals surface area contributed by atoms with Gasteiger partial charge in [0.15, 0.2) is 5.82 Å². The predicted molar refractivity (Wildman–Crippen MR) is 121 cm³/mol. The van der Waals surface area contributed by atoms with Crippen LogP contribution in [0.3, 0.4) is 0 Å². The summed E-state index contributed by atoms with van der Waals surface area (Å²) in [5.41, 5.74) is 5.13. The number of β-amino-alcohol motifs (C(OH)–C–C–N with tert-alkyl or cyclic N) is 1. The lowest BCUT2D eigenvalue weighted by atomic mass is 10.1. The molecule has 1 aromatic carbocycles. The van der Waals surface area contributed by atoms with Gasteiger partial charge in [0.25, 0.3) is 0 Å². The Morgan fingerprint density at radius 2 is 1.97 bits per heavy atom. The Kier molecular flexibility index (Phi) is 4.01. The molecule has 2 aliphatic rings. The Morgan fingerprint density at radius 3 is 2.72 bits per heavy atom. The molecule has 0 bridgehead atoms. The first-order chi connectivity index (χ1) is 15.5. The van der Waals surface area contributed by atoms with Crippen LogP contribution >= 0.6 is 0 Å². The quantitative estimate of drug-likeness (QED) is 0.470. The minimum atomic E-state index is -0.671. The summed E-state index contributed by atoms with van der Waals surface area (Å²) in [6.45, 7) is 3.90. The average Bonchev–Trinajstić information content (AvgIpc) is 3.50. The zero-order chi connectivity index (χ0) is 21.9. The highest BCUT2D eigenvalue weighted by Gasteiger charge is 2.32. The summed E-state index contributed by atoms with van der Waals surface area (Å²) in [6.07, 6.45) is 6.65. The third-order valence-corrected chi connectivity index (χ3v) is 6.40. The van der Waals surface area contributed by atoms with E-state index in [0.717, 1.165) is 52.8 Å². The number of pyridine rings is 1. The van der Waals surface area contributed by atoms with E-state index in [1.807, 2.05) is 49.6 Å². The number of imidazole rings is 1. The Hall–Kier alpha value is -3.89. The van der Waals surface area contributed by atoms with Gasteiger partial charge in [-0.25, -0.2) is 9.97 Å². The van der Waals surface area contributed by atoms with Crippen LogP contribution in [-0.2, 0) is 6.54 Å². The van der Waals surface area contributed by atoms with Crippen molar-refractivity contribution in [1.82, 2.24) is 19.1 Å². The largest absolute Gasteiger partial charge is 0.388 e. The SMILES string of the molecule is C[C@]1(O)CCN(c2ccc3c(n2)Cn2cc(-c4ccc(C#N)cc4)cc2-c2nccn2-3)C1. The van der Waals surface area contributed by atoms with Gasteiger partial charge >= 0.3 is 0 Å². The second kappa shape index (κ2) is 6.81. The Balaban J connectivity index is 1.43. The second-order valence-electron chi connectivity index (χ2n) is 8.86. The Morgan fingerprint density at radius 1 is 1.12 bits per heavy atom. The van der Waals surface area contributed by atoms with E-state index >= 15 is 0 Å². The number of hydrogen-bond acceptors (Lipinski definition) is 5. The van der Waals surface area contributed by atoms with Crippen molar-refractivity contribution in [2.45, 2.75) is 25.5 Å². The van der Waals surface area contributed by atoms with Crippen molar-refractivity contribution in [2.24, 2.45) is 0 Å². The van der Waals surface area contributed by atoms with Crippen LogP contribution in [0.2, 0.25) is 0 Å². The number of nitrogens with zero attached hydrogens (tertiary/aromatic N) is 6. The van der Waals surface area contributed by atoms with Gasteiger partial charge in [0.2, 0.25) is 0 Å². The lowest BCUT2D eigenvalue weighted by Crippen LogP contribution is -2.30. The highest BCUT2D eigenvalue weighted by atomic mass is 16.3. The normalized spacial score (nSPS) is 19.1. The third-order valence-electron chi connectivity index (χ3n) is 6.40. The summed E-state index contributed by atoms with van der Waals surface area (Å²) in [6, 6.07) is 16.1. The third kappa shape index (κ3) is 3.00. The molecule has 1 N–H and O–H groups in total. The first-order valence-electron chi connectivity index (χ1n) is 10.7. The minimum Gasteiger partial charge on any atom is -0.388 e.